The van der Waals surface area contributed by atoms with E-state index in [0.29, 0.717) is 6.54 Å². The molecule has 8 nitrogen and oxygen atoms in total. The SMILES string of the molecule is CCn1cc([N+](=O)[O-])cc1C(=O)Nc1nccc(Cl)n1. The lowest BCUT2D eigenvalue weighted by atomic mass is 10.4. The third kappa shape index (κ3) is 2.91. The van der Waals surface area contributed by atoms with Crippen molar-refractivity contribution in [3.8, 4) is 0 Å². The number of rotatable bonds is 4. The lowest BCUT2D eigenvalue weighted by molar-refractivity contribution is -0.384. The summed E-state index contributed by atoms with van der Waals surface area (Å²) in [5.41, 5.74) is 0.00629. The second kappa shape index (κ2) is 5.66. The molecule has 0 saturated carbocycles. The molecule has 104 valence electrons. The first-order valence-corrected chi connectivity index (χ1v) is 6.03. The Balaban J connectivity index is 2.27. The Morgan fingerprint density at radius 3 is 2.95 bits per heavy atom. The van der Waals surface area contributed by atoms with Gasteiger partial charge in [-0.1, -0.05) is 11.6 Å². The zero-order valence-corrected chi connectivity index (χ0v) is 11.2. The first kappa shape index (κ1) is 13.9. The van der Waals surface area contributed by atoms with Crippen LogP contribution in [0.4, 0.5) is 11.6 Å². The van der Waals surface area contributed by atoms with Crippen LogP contribution in [0.3, 0.4) is 0 Å². The topological polar surface area (TPSA) is 103 Å². The van der Waals surface area contributed by atoms with Gasteiger partial charge in [0.2, 0.25) is 5.95 Å². The summed E-state index contributed by atoms with van der Waals surface area (Å²) in [4.78, 5) is 29.9. The highest BCUT2D eigenvalue weighted by atomic mass is 35.5. The van der Waals surface area contributed by atoms with Crippen molar-refractivity contribution in [2.45, 2.75) is 13.5 Å². The second-order valence-electron chi connectivity index (χ2n) is 3.78. The van der Waals surface area contributed by atoms with E-state index in [1.54, 1.807) is 6.92 Å². The van der Waals surface area contributed by atoms with Crippen molar-refractivity contribution in [2.75, 3.05) is 5.32 Å². The fourth-order valence-electron chi connectivity index (χ4n) is 1.61. The van der Waals surface area contributed by atoms with Gasteiger partial charge in [-0.15, -0.1) is 0 Å². The maximum Gasteiger partial charge on any atom is 0.287 e. The normalized spacial score (nSPS) is 10.3. The smallest absolute Gasteiger partial charge is 0.287 e. The highest BCUT2D eigenvalue weighted by Crippen LogP contribution is 2.17. The van der Waals surface area contributed by atoms with E-state index in [1.807, 2.05) is 0 Å². The third-order valence-electron chi connectivity index (χ3n) is 2.51. The van der Waals surface area contributed by atoms with Gasteiger partial charge in [0, 0.05) is 18.8 Å². The fourth-order valence-corrected chi connectivity index (χ4v) is 1.75. The van der Waals surface area contributed by atoms with Gasteiger partial charge in [-0.2, -0.15) is 0 Å². The predicted octanol–water partition coefficient (Wildman–Crippen LogP) is 2.11. The van der Waals surface area contributed by atoms with Crippen molar-refractivity contribution in [1.82, 2.24) is 14.5 Å². The molecule has 0 bridgehead atoms. The number of carbonyl (C=O) groups excluding carboxylic acids is 1. The van der Waals surface area contributed by atoms with Crippen LogP contribution in [0.2, 0.25) is 5.15 Å². The summed E-state index contributed by atoms with van der Waals surface area (Å²) in [5, 5.41) is 13.4. The van der Waals surface area contributed by atoms with E-state index in [1.165, 1.54) is 29.1 Å². The van der Waals surface area contributed by atoms with Crippen LogP contribution >= 0.6 is 11.6 Å². The van der Waals surface area contributed by atoms with Crippen molar-refractivity contribution in [2.24, 2.45) is 0 Å². The van der Waals surface area contributed by atoms with E-state index < -0.39 is 10.8 Å². The van der Waals surface area contributed by atoms with Crippen LogP contribution in [0.1, 0.15) is 17.4 Å². The Morgan fingerprint density at radius 2 is 2.35 bits per heavy atom. The lowest BCUT2D eigenvalue weighted by Crippen LogP contribution is -2.17. The molecule has 0 aliphatic rings. The quantitative estimate of drug-likeness (QED) is 0.528. The van der Waals surface area contributed by atoms with Gasteiger partial charge < -0.3 is 4.57 Å². The van der Waals surface area contributed by atoms with E-state index in [9.17, 15) is 14.9 Å². The van der Waals surface area contributed by atoms with Crippen LogP contribution in [0, 0.1) is 10.1 Å². The summed E-state index contributed by atoms with van der Waals surface area (Å²) in [6.45, 7) is 2.20. The highest BCUT2D eigenvalue weighted by Gasteiger charge is 2.19. The maximum absolute atomic E-state index is 12.1. The molecule has 0 aliphatic heterocycles. The van der Waals surface area contributed by atoms with Gasteiger partial charge in [-0.3, -0.25) is 20.2 Å². The lowest BCUT2D eigenvalue weighted by Gasteiger charge is -2.05. The monoisotopic (exact) mass is 295 g/mol. The molecule has 1 N–H and O–H groups in total. The minimum atomic E-state index is -0.557. The Kier molecular flexibility index (Phi) is 3.94. The number of halogens is 1. The van der Waals surface area contributed by atoms with Crippen molar-refractivity contribution in [1.29, 1.82) is 0 Å². The number of anilines is 1. The van der Waals surface area contributed by atoms with E-state index in [0.717, 1.165) is 0 Å². The summed E-state index contributed by atoms with van der Waals surface area (Å²) in [7, 11) is 0. The van der Waals surface area contributed by atoms with Gasteiger partial charge >= 0.3 is 0 Å². The summed E-state index contributed by atoms with van der Waals surface area (Å²) in [6.07, 6.45) is 2.69. The van der Waals surface area contributed by atoms with E-state index in [-0.39, 0.29) is 22.5 Å². The van der Waals surface area contributed by atoms with Crippen LogP contribution in [0.15, 0.2) is 24.5 Å². The molecule has 0 aromatic carbocycles. The summed E-state index contributed by atoms with van der Waals surface area (Å²) in [6, 6.07) is 2.67. The van der Waals surface area contributed by atoms with Gasteiger partial charge in [-0.05, 0) is 13.0 Å². The molecule has 1 amide bonds. The minimum Gasteiger partial charge on any atom is -0.337 e. The molecule has 0 unspecified atom stereocenters. The van der Waals surface area contributed by atoms with Crippen LogP contribution in [0.5, 0.6) is 0 Å². The number of nitro groups is 1. The number of carbonyl (C=O) groups is 1. The Morgan fingerprint density at radius 1 is 1.60 bits per heavy atom. The van der Waals surface area contributed by atoms with E-state index in [4.69, 9.17) is 11.6 Å². The molecule has 0 radical (unpaired) electrons. The first-order valence-electron chi connectivity index (χ1n) is 5.65. The molecule has 2 heterocycles. The van der Waals surface area contributed by atoms with Crippen molar-refractivity contribution in [3.05, 3.63) is 45.5 Å². The Bertz CT molecular complexity index is 670. The molecule has 9 heteroatoms. The zero-order valence-electron chi connectivity index (χ0n) is 10.4. The van der Waals surface area contributed by atoms with Gasteiger partial charge in [-0.25, -0.2) is 9.97 Å². The van der Waals surface area contributed by atoms with Crippen molar-refractivity contribution in [3.63, 3.8) is 0 Å². The molecule has 0 aliphatic carbocycles. The van der Waals surface area contributed by atoms with Crippen LogP contribution in [-0.4, -0.2) is 25.4 Å². The standard InChI is InChI=1S/C11H10ClN5O3/c1-2-16-6-7(17(19)20)5-8(16)10(18)15-11-13-4-3-9(12)14-11/h3-6H,2H2,1H3,(H,13,14,15,18). The fraction of sp³-hybridized carbons (Fsp3) is 0.182. The molecule has 0 spiro atoms. The summed E-state index contributed by atoms with van der Waals surface area (Å²) < 4.78 is 1.47. The number of aromatic nitrogens is 3. The third-order valence-corrected chi connectivity index (χ3v) is 2.72. The zero-order chi connectivity index (χ0) is 14.7. The van der Waals surface area contributed by atoms with Gasteiger partial charge in [0.1, 0.15) is 10.8 Å². The largest absolute Gasteiger partial charge is 0.337 e. The number of aryl methyl sites for hydroxylation is 1. The van der Waals surface area contributed by atoms with Crippen LogP contribution < -0.4 is 5.32 Å². The number of nitrogens with one attached hydrogen (secondary N) is 1. The Labute approximate surface area is 118 Å². The van der Waals surface area contributed by atoms with E-state index >= 15 is 0 Å². The van der Waals surface area contributed by atoms with E-state index in [2.05, 4.69) is 15.3 Å². The molecule has 2 aromatic heterocycles. The summed E-state index contributed by atoms with van der Waals surface area (Å²) >= 11 is 5.68. The molecule has 2 aromatic rings. The average Bonchev–Trinajstić information content (AvgIpc) is 2.83. The molecule has 2 rings (SSSR count). The molecule has 0 atom stereocenters. The number of amides is 1. The predicted molar refractivity (Wildman–Crippen MR) is 71.8 cm³/mol. The number of hydrogen-bond acceptors (Lipinski definition) is 5. The van der Waals surface area contributed by atoms with Crippen LogP contribution in [0.25, 0.3) is 0 Å². The maximum atomic E-state index is 12.1. The van der Waals surface area contributed by atoms with Gasteiger partial charge in [0.15, 0.2) is 0 Å². The van der Waals surface area contributed by atoms with Crippen molar-refractivity contribution >= 4 is 29.1 Å². The number of hydrogen-bond donors (Lipinski definition) is 1. The highest BCUT2D eigenvalue weighted by molar-refractivity contribution is 6.29. The molecular weight excluding hydrogens is 286 g/mol. The average molecular weight is 296 g/mol. The summed E-state index contributed by atoms with van der Waals surface area (Å²) in [5.74, 6) is -0.503. The minimum absolute atomic E-state index is 0.0361. The van der Waals surface area contributed by atoms with Crippen molar-refractivity contribution < 1.29 is 9.72 Å². The number of nitrogens with zero attached hydrogens (tertiary/aromatic N) is 4. The van der Waals surface area contributed by atoms with Gasteiger partial charge in [0.25, 0.3) is 11.6 Å². The molecule has 0 fully saturated rings. The second-order valence-corrected chi connectivity index (χ2v) is 4.17. The Hall–Kier alpha value is -2.48. The molecule has 0 saturated heterocycles. The van der Waals surface area contributed by atoms with Crippen LogP contribution in [-0.2, 0) is 6.54 Å². The molecule has 20 heavy (non-hydrogen) atoms. The first-order chi connectivity index (χ1) is 9.51. The molecular formula is C11H10ClN5O3. The van der Waals surface area contributed by atoms with Gasteiger partial charge in [0.05, 0.1) is 11.1 Å².